The topological polar surface area (TPSA) is 94.8 Å². The van der Waals surface area contributed by atoms with Crippen LogP contribution in [0.5, 0.6) is 11.5 Å². The molecule has 0 aliphatic heterocycles. The molecule has 0 N–H and O–H groups in total. The number of carbonyl (C=O) groups is 1. The Balaban J connectivity index is 1.85. The van der Waals surface area contributed by atoms with Gasteiger partial charge in [-0.1, -0.05) is 12.1 Å². The molecule has 0 atom stereocenters. The second-order valence-electron chi connectivity index (χ2n) is 6.37. The molecule has 0 bridgehead atoms. The number of ether oxygens (including phenoxy) is 2. The van der Waals surface area contributed by atoms with E-state index < -0.39 is 28.1 Å². The van der Waals surface area contributed by atoms with Crippen LogP contribution in [0.3, 0.4) is 0 Å². The molecule has 3 aromatic rings. The molecule has 1 heterocycles. The van der Waals surface area contributed by atoms with E-state index in [1.54, 1.807) is 29.6 Å². The molecule has 0 aliphatic rings. The lowest BCUT2D eigenvalue weighted by atomic mass is 10.1. The first-order valence-electron chi connectivity index (χ1n) is 8.98. The SMILES string of the molecule is COc1ccccc1N(C(C)=O)c1nc(COc2ccc([N+](=O)[O-])cc2C(F)(F)F)cs1. The molecule has 8 nitrogen and oxygen atoms in total. The summed E-state index contributed by atoms with van der Waals surface area (Å²) in [5.41, 5.74) is -1.23. The summed E-state index contributed by atoms with van der Waals surface area (Å²) in [7, 11) is 1.46. The third-order valence-corrected chi connectivity index (χ3v) is 5.10. The minimum atomic E-state index is -4.84. The van der Waals surface area contributed by atoms with E-state index in [4.69, 9.17) is 9.47 Å². The molecule has 0 spiro atoms. The summed E-state index contributed by atoms with van der Waals surface area (Å²) in [5.74, 6) is -0.465. The maximum atomic E-state index is 13.3. The Bertz CT molecular complexity index is 1150. The van der Waals surface area contributed by atoms with E-state index in [1.165, 1.54) is 18.9 Å². The van der Waals surface area contributed by atoms with E-state index >= 15 is 0 Å². The number of para-hydroxylation sites is 2. The third kappa shape index (κ3) is 4.97. The van der Waals surface area contributed by atoms with Gasteiger partial charge in [0, 0.05) is 24.4 Å². The molecule has 0 radical (unpaired) electrons. The zero-order chi connectivity index (χ0) is 23.5. The number of aromatic nitrogens is 1. The predicted molar refractivity (Wildman–Crippen MR) is 110 cm³/mol. The molecule has 168 valence electrons. The van der Waals surface area contributed by atoms with Crippen LogP contribution in [0.4, 0.5) is 29.7 Å². The van der Waals surface area contributed by atoms with Crippen LogP contribution in [-0.4, -0.2) is 22.9 Å². The average molecular weight is 467 g/mol. The molecular weight excluding hydrogens is 451 g/mol. The largest absolute Gasteiger partial charge is 0.495 e. The Labute approximate surface area is 184 Å². The number of non-ortho nitro benzene ring substituents is 1. The van der Waals surface area contributed by atoms with Gasteiger partial charge in [0.05, 0.1) is 23.4 Å². The maximum Gasteiger partial charge on any atom is 0.420 e. The van der Waals surface area contributed by atoms with E-state index in [0.29, 0.717) is 17.5 Å². The van der Waals surface area contributed by atoms with Gasteiger partial charge < -0.3 is 9.47 Å². The van der Waals surface area contributed by atoms with E-state index in [2.05, 4.69) is 4.98 Å². The lowest BCUT2D eigenvalue weighted by molar-refractivity contribution is -0.385. The quantitative estimate of drug-likeness (QED) is 0.344. The van der Waals surface area contributed by atoms with Crippen molar-refractivity contribution in [2.75, 3.05) is 12.0 Å². The van der Waals surface area contributed by atoms with Gasteiger partial charge in [-0.3, -0.25) is 19.8 Å². The van der Waals surface area contributed by atoms with Crippen LogP contribution in [0, 0.1) is 10.1 Å². The molecule has 2 aromatic carbocycles. The average Bonchev–Trinajstić information content (AvgIpc) is 3.20. The van der Waals surface area contributed by atoms with Crippen LogP contribution in [0.15, 0.2) is 47.8 Å². The van der Waals surface area contributed by atoms with Gasteiger partial charge in [0.25, 0.3) is 5.69 Å². The lowest BCUT2D eigenvalue weighted by Crippen LogP contribution is -2.23. The minimum absolute atomic E-state index is 0.276. The number of amides is 1. The van der Waals surface area contributed by atoms with Crippen LogP contribution in [0.1, 0.15) is 18.2 Å². The van der Waals surface area contributed by atoms with Crippen molar-refractivity contribution in [1.82, 2.24) is 4.98 Å². The molecule has 0 unspecified atom stereocenters. The smallest absolute Gasteiger partial charge is 0.420 e. The number of thiazole rings is 1. The number of hydrogen-bond acceptors (Lipinski definition) is 7. The van der Waals surface area contributed by atoms with Crippen LogP contribution in [0.2, 0.25) is 0 Å². The Morgan fingerprint density at radius 2 is 1.94 bits per heavy atom. The third-order valence-electron chi connectivity index (χ3n) is 4.23. The number of benzene rings is 2. The molecule has 0 aliphatic carbocycles. The molecule has 3 rings (SSSR count). The second kappa shape index (κ2) is 9.22. The highest BCUT2D eigenvalue weighted by Gasteiger charge is 2.36. The highest BCUT2D eigenvalue weighted by Crippen LogP contribution is 2.39. The summed E-state index contributed by atoms with van der Waals surface area (Å²) >= 11 is 1.10. The van der Waals surface area contributed by atoms with Crippen LogP contribution in [-0.2, 0) is 17.6 Å². The van der Waals surface area contributed by atoms with Crippen molar-refractivity contribution in [2.45, 2.75) is 19.7 Å². The van der Waals surface area contributed by atoms with Gasteiger partial charge in [-0.2, -0.15) is 13.2 Å². The van der Waals surface area contributed by atoms with Gasteiger partial charge in [0.15, 0.2) is 5.13 Å². The fourth-order valence-corrected chi connectivity index (χ4v) is 3.68. The Morgan fingerprint density at radius 3 is 2.56 bits per heavy atom. The van der Waals surface area contributed by atoms with Crippen molar-refractivity contribution in [1.29, 1.82) is 0 Å². The predicted octanol–water partition coefficient (Wildman–Crippen LogP) is 5.34. The van der Waals surface area contributed by atoms with Crippen molar-refractivity contribution in [3.8, 4) is 11.5 Å². The monoisotopic (exact) mass is 467 g/mol. The summed E-state index contributed by atoms with van der Waals surface area (Å²) in [5, 5.41) is 12.6. The first kappa shape index (κ1) is 23.0. The number of nitro benzene ring substituents is 1. The minimum Gasteiger partial charge on any atom is -0.495 e. The summed E-state index contributed by atoms with van der Waals surface area (Å²) < 4.78 is 50.5. The van der Waals surface area contributed by atoms with Crippen molar-refractivity contribution in [2.24, 2.45) is 0 Å². The molecule has 0 fully saturated rings. The molecule has 32 heavy (non-hydrogen) atoms. The number of carbonyl (C=O) groups excluding carboxylic acids is 1. The number of hydrogen-bond donors (Lipinski definition) is 0. The number of nitrogens with zero attached hydrogens (tertiary/aromatic N) is 3. The fraction of sp³-hybridized carbons (Fsp3) is 0.200. The van der Waals surface area contributed by atoms with Crippen LogP contribution >= 0.6 is 11.3 Å². The summed E-state index contributed by atoms with van der Waals surface area (Å²) in [6.07, 6.45) is -4.84. The normalized spacial score (nSPS) is 11.2. The number of halogens is 3. The molecule has 1 amide bonds. The Hall–Kier alpha value is -3.67. The lowest BCUT2D eigenvalue weighted by Gasteiger charge is -2.20. The summed E-state index contributed by atoms with van der Waals surface area (Å²) in [6, 6.07) is 9.05. The number of nitro groups is 1. The Morgan fingerprint density at radius 1 is 1.22 bits per heavy atom. The van der Waals surface area contributed by atoms with Crippen LogP contribution < -0.4 is 14.4 Å². The molecule has 0 saturated carbocycles. The first-order chi connectivity index (χ1) is 15.1. The standard InChI is InChI=1S/C20H16F3N3O5S/c1-12(27)25(16-5-3-4-6-18(16)30-2)19-24-13(11-32-19)10-31-17-8-7-14(26(28)29)9-15(17)20(21,22)23/h3-9,11H,10H2,1-2H3. The summed E-state index contributed by atoms with van der Waals surface area (Å²) in [4.78, 5) is 27.8. The zero-order valence-electron chi connectivity index (χ0n) is 16.8. The zero-order valence-corrected chi connectivity index (χ0v) is 17.6. The van der Waals surface area contributed by atoms with E-state index in [9.17, 15) is 28.1 Å². The molecule has 1 aromatic heterocycles. The highest BCUT2D eigenvalue weighted by atomic mass is 32.1. The van der Waals surface area contributed by atoms with Crippen LogP contribution in [0.25, 0.3) is 0 Å². The van der Waals surface area contributed by atoms with Crippen molar-refractivity contribution >= 4 is 33.8 Å². The molecule has 0 saturated heterocycles. The summed E-state index contributed by atoms with van der Waals surface area (Å²) in [6.45, 7) is 1.01. The van der Waals surface area contributed by atoms with E-state index in [-0.39, 0.29) is 23.3 Å². The van der Waals surface area contributed by atoms with E-state index in [0.717, 1.165) is 23.5 Å². The van der Waals surface area contributed by atoms with Crippen molar-refractivity contribution in [3.63, 3.8) is 0 Å². The Kier molecular flexibility index (Phi) is 6.63. The van der Waals surface area contributed by atoms with Crippen molar-refractivity contribution < 1.29 is 32.4 Å². The van der Waals surface area contributed by atoms with Gasteiger partial charge >= 0.3 is 6.18 Å². The number of methoxy groups -OCH3 is 1. The van der Waals surface area contributed by atoms with Gasteiger partial charge in [0.2, 0.25) is 5.91 Å². The van der Waals surface area contributed by atoms with Gasteiger partial charge in [0.1, 0.15) is 23.7 Å². The number of alkyl halides is 3. The molecule has 12 heteroatoms. The highest BCUT2D eigenvalue weighted by molar-refractivity contribution is 7.14. The fourth-order valence-electron chi connectivity index (χ4n) is 2.82. The first-order valence-corrected chi connectivity index (χ1v) is 9.86. The van der Waals surface area contributed by atoms with E-state index in [1.807, 2.05) is 0 Å². The number of rotatable bonds is 7. The van der Waals surface area contributed by atoms with Gasteiger partial charge in [-0.15, -0.1) is 11.3 Å². The van der Waals surface area contributed by atoms with Gasteiger partial charge in [-0.05, 0) is 18.2 Å². The number of anilines is 2. The second-order valence-corrected chi connectivity index (χ2v) is 7.21. The van der Waals surface area contributed by atoms with Crippen molar-refractivity contribution in [3.05, 3.63) is 69.2 Å². The maximum absolute atomic E-state index is 13.3. The van der Waals surface area contributed by atoms with Gasteiger partial charge in [-0.25, -0.2) is 4.98 Å². The molecular formula is C20H16F3N3O5S.